The molecule has 0 aromatic carbocycles. The highest BCUT2D eigenvalue weighted by Crippen LogP contribution is 2.26. The maximum absolute atomic E-state index is 10.4. The fourth-order valence-corrected chi connectivity index (χ4v) is 0.579. The predicted molar refractivity (Wildman–Crippen MR) is 35.0 cm³/mol. The van der Waals surface area contributed by atoms with Gasteiger partial charge in [0.1, 0.15) is 6.61 Å². The van der Waals surface area contributed by atoms with E-state index in [9.17, 15) is 9.59 Å². The molecule has 1 aliphatic rings. The number of carboxylic acid groups (broad SMARTS) is 1. The quantitative estimate of drug-likeness (QED) is 0.354. The van der Waals surface area contributed by atoms with E-state index in [2.05, 4.69) is 15.3 Å². The molecule has 7 nitrogen and oxygen atoms in total. The summed E-state index contributed by atoms with van der Waals surface area (Å²) in [5, 5.41) is 8.52. The molecule has 1 saturated heterocycles. The average Bonchev–Trinajstić information content (AvgIpc) is 2.68. The summed E-state index contributed by atoms with van der Waals surface area (Å²) in [6.45, 7) is -0.159. The van der Waals surface area contributed by atoms with Gasteiger partial charge in [-0.05, 0) is 0 Å². The van der Waals surface area contributed by atoms with Crippen molar-refractivity contribution in [2.75, 3.05) is 13.2 Å². The van der Waals surface area contributed by atoms with E-state index in [4.69, 9.17) is 5.11 Å². The Morgan fingerprint density at radius 3 is 2.67 bits per heavy atom. The van der Waals surface area contributed by atoms with E-state index in [-0.39, 0.29) is 13.2 Å². The van der Waals surface area contributed by atoms with Crippen molar-refractivity contribution < 1.29 is 24.3 Å². The zero-order chi connectivity index (χ0) is 9.19. The zero-order valence-electron chi connectivity index (χ0n) is 6.07. The Labute approximate surface area is 67.4 Å². The lowest BCUT2D eigenvalue weighted by molar-refractivity contribution is -0.146. The first kappa shape index (κ1) is 8.75. The second-order valence-electron chi connectivity index (χ2n) is 2.34. The van der Waals surface area contributed by atoms with Crippen LogP contribution >= 0.6 is 0 Å². The Morgan fingerprint density at radius 2 is 2.33 bits per heavy atom. The van der Waals surface area contributed by atoms with Crippen molar-refractivity contribution in [3.05, 3.63) is 0 Å². The van der Waals surface area contributed by atoms with Crippen LogP contribution in [0.25, 0.3) is 0 Å². The van der Waals surface area contributed by atoms with Gasteiger partial charge in [-0.2, -0.15) is 0 Å². The molecule has 0 bridgehead atoms. The summed E-state index contributed by atoms with van der Waals surface area (Å²) in [6.07, 6.45) is 0. The van der Waals surface area contributed by atoms with Crippen LogP contribution in [0.5, 0.6) is 0 Å². The molecular weight excluding hydrogens is 168 g/mol. The molecule has 7 heteroatoms. The summed E-state index contributed by atoms with van der Waals surface area (Å²) in [4.78, 5) is 24.9. The van der Waals surface area contributed by atoms with Crippen molar-refractivity contribution in [2.45, 2.75) is 5.60 Å². The van der Waals surface area contributed by atoms with Crippen molar-refractivity contribution in [1.29, 1.82) is 0 Å². The Morgan fingerprint density at radius 1 is 1.75 bits per heavy atom. The van der Waals surface area contributed by atoms with Gasteiger partial charge in [-0.25, -0.2) is 15.1 Å². The lowest BCUT2D eigenvalue weighted by Gasteiger charge is -2.05. The summed E-state index contributed by atoms with van der Waals surface area (Å²) in [7, 11) is 0. The molecule has 0 aromatic rings. The topological polar surface area (TPSA) is 114 Å². The van der Waals surface area contributed by atoms with Crippen molar-refractivity contribution in [1.82, 2.24) is 5.48 Å². The van der Waals surface area contributed by atoms with E-state index in [1.165, 1.54) is 0 Å². The summed E-state index contributed by atoms with van der Waals surface area (Å²) in [5.74, 6) is -1.12. The van der Waals surface area contributed by atoms with E-state index >= 15 is 0 Å². The maximum atomic E-state index is 10.4. The fourth-order valence-electron chi connectivity index (χ4n) is 0.579. The number of carbonyl (C=O) groups excluding carboxylic acids is 1. The number of urea groups is 1. The number of hydrogen-bond acceptors (Lipinski definition) is 4. The third kappa shape index (κ3) is 1.83. The van der Waals surface area contributed by atoms with E-state index in [0.717, 1.165) is 0 Å². The van der Waals surface area contributed by atoms with E-state index in [0.29, 0.717) is 0 Å². The molecule has 68 valence electrons. The zero-order valence-corrected chi connectivity index (χ0v) is 6.07. The van der Waals surface area contributed by atoms with E-state index < -0.39 is 17.6 Å². The van der Waals surface area contributed by atoms with E-state index in [1.807, 2.05) is 0 Å². The summed E-state index contributed by atoms with van der Waals surface area (Å²) < 4.78 is 4.62. The Balaban J connectivity index is 2.23. The molecule has 0 radical (unpaired) electrons. The number of primary amides is 1. The standard InChI is InChI=1S/C5H8N2O5/c6-4(10)7-12-2-5(1-11-5)3(8)9/h1-2H2,(H,8,9)(H3,6,7,10). The molecule has 1 atom stereocenters. The molecule has 1 fully saturated rings. The number of ether oxygens (including phenoxy) is 1. The predicted octanol–water partition coefficient (Wildman–Crippen LogP) is -1.56. The third-order valence-corrected chi connectivity index (χ3v) is 1.36. The molecule has 0 aliphatic carbocycles. The minimum atomic E-state index is -1.29. The van der Waals surface area contributed by atoms with Crippen LogP contribution in [0.1, 0.15) is 0 Å². The monoisotopic (exact) mass is 176 g/mol. The van der Waals surface area contributed by atoms with Crippen LogP contribution in [-0.2, 0) is 14.4 Å². The number of epoxide rings is 1. The summed E-state index contributed by atoms with van der Waals surface area (Å²) >= 11 is 0. The fraction of sp³-hybridized carbons (Fsp3) is 0.600. The summed E-state index contributed by atoms with van der Waals surface area (Å²) in [5.41, 5.74) is 5.16. The molecule has 1 aliphatic heterocycles. The average molecular weight is 176 g/mol. The van der Waals surface area contributed by atoms with Crippen molar-refractivity contribution >= 4 is 12.0 Å². The molecule has 0 spiro atoms. The van der Waals surface area contributed by atoms with Gasteiger partial charge in [0.15, 0.2) is 0 Å². The minimum Gasteiger partial charge on any atom is -0.479 e. The summed E-state index contributed by atoms with van der Waals surface area (Å²) in [6, 6.07) is -0.879. The van der Waals surface area contributed by atoms with Crippen LogP contribution in [-0.4, -0.2) is 35.9 Å². The lowest BCUT2D eigenvalue weighted by atomic mass is 10.2. The Hall–Kier alpha value is -1.34. The number of carbonyl (C=O) groups is 2. The molecular formula is C5H8N2O5. The highest BCUT2D eigenvalue weighted by atomic mass is 16.7. The number of aliphatic carboxylic acids is 1. The van der Waals surface area contributed by atoms with Crippen LogP contribution in [0, 0.1) is 0 Å². The van der Waals surface area contributed by atoms with E-state index in [1.54, 1.807) is 5.48 Å². The van der Waals surface area contributed by atoms with Gasteiger partial charge in [-0.3, -0.25) is 4.84 Å². The van der Waals surface area contributed by atoms with Crippen molar-refractivity contribution in [3.8, 4) is 0 Å². The van der Waals surface area contributed by atoms with Gasteiger partial charge in [0.25, 0.3) is 0 Å². The lowest BCUT2D eigenvalue weighted by Crippen LogP contribution is -2.37. The number of nitrogens with one attached hydrogen (secondary N) is 1. The van der Waals surface area contributed by atoms with Gasteiger partial charge in [0, 0.05) is 0 Å². The first-order valence-electron chi connectivity index (χ1n) is 3.11. The number of carboxylic acids is 1. The SMILES string of the molecule is NC(=O)NOCC1(C(=O)O)CO1. The van der Waals surface area contributed by atoms with Gasteiger partial charge >= 0.3 is 12.0 Å². The molecule has 1 heterocycles. The van der Waals surface area contributed by atoms with Gasteiger partial charge in [0.2, 0.25) is 5.60 Å². The highest BCUT2D eigenvalue weighted by Gasteiger charge is 2.53. The molecule has 12 heavy (non-hydrogen) atoms. The molecule has 0 saturated carbocycles. The smallest absolute Gasteiger partial charge is 0.341 e. The number of amides is 2. The first-order chi connectivity index (χ1) is 5.57. The van der Waals surface area contributed by atoms with Crippen LogP contribution in [0.4, 0.5) is 4.79 Å². The normalized spacial score (nSPS) is 26.3. The number of rotatable bonds is 4. The van der Waals surface area contributed by atoms with Crippen LogP contribution in [0.2, 0.25) is 0 Å². The van der Waals surface area contributed by atoms with Gasteiger partial charge < -0.3 is 15.6 Å². The van der Waals surface area contributed by atoms with Crippen LogP contribution < -0.4 is 11.2 Å². The Kier molecular flexibility index (Phi) is 2.15. The molecule has 0 aromatic heterocycles. The second-order valence-corrected chi connectivity index (χ2v) is 2.34. The van der Waals surface area contributed by atoms with Gasteiger partial charge in [-0.15, -0.1) is 0 Å². The molecule has 1 unspecified atom stereocenters. The third-order valence-electron chi connectivity index (χ3n) is 1.36. The molecule has 4 N–H and O–H groups in total. The molecule has 1 rings (SSSR count). The van der Waals surface area contributed by atoms with Gasteiger partial charge in [-0.1, -0.05) is 0 Å². The molecule has 2 amide bonds. The number of nitrogens with two attached hydrogens (primary N) is 1. The first-order valence-corrected chi connectivity index (χ1v) is 3.11. The second kappa shape index (κ2) is 2.95. The minimum absolute atomic E-state index is 0.0861. The van der Waals surface area contributed by atoms with Crippen molar-refractivity contribution in [2.24, 2.45) is 5.73 Å². The largest absolute Gasteiger partial charge is 0.479 e. The number of hydrogen-bond donors (Lipinski definition) is 3. The van der Waals surface area contributed by atoms with Crippen LogP contribution in [0.15, 0.2) is 0 Å². The maximum Gasteiger partial charge on any atom is 0.341 e. The van der Waals surface area contributed by atoms with Crippen molar-refractivity contribution in [3.63, 3.8) is 0 Å². The van der Waals surface area contributed by atoms with Gasteiger partial charge in [0.05, 0.1) is 6.61 Å². The highest BCUT2D eigenvalue weighted by molar-refractivity contribution is 5.80. The Bertz CT molecular complexity index is 212. The van der Waals surface area contributed by atoms with Crippen LogP contribution in [0.3, 0.4) is 0 Å². The number of hydroxylamine groups is 1.